The first-order valence-corrected chi connectivity index (χ1v) is 7.82. The summed E-state index contributed by atoms with van der Waals surface area (Å²) >= 11 is 16.8. The number of rotatable bonds is 2. The van der Waals surface area contributed by atoms with Crippen LogP contribution in [0.3, 0.4) is 0 Å². The van der Waals surface area contributed by atoms with Gasteiger partial charge in [0, 0.05) is 10.6 Å². The van der Waals surface area contributed by atoms with Gasteiger partial charge in [-0.25, -0.2) is 0 Å². The average molecular weight is 369 g/mol. The van der Waals surface area contributed by atoms with Gasteiger partial charge in [-0.1, -0.05) is 29.3 Å². The number of benzene rings is 2. The summed E-state index contributed by atoms with van der Waals surface area (Å²) in [4.78, 5) is 12.2. The number of thiocarbonyl (C=S) groups is 1. The van der Waals surface area contributed by atoms with Crippen LogP contribution in [0.1, 0.15) is 21.5 Å². The zero-order valence-corrected chi connectivity index (χ0v) is 14.7. The Morgan fingerprint density at radius 2 is 1.83 bits per heavy atom. The van der Waals surface area contributed by atoms with Crippen molar-refractivity contribution >= 4 is 52.1 Å². The molecule has 0 bridgehead atoms. The van der Waals surface area contributed by atoms with Gasteiger partial charge < -0.3 is 10.4 Å². The zero-order chi connectivity index (χ0) is 17.1. The van der Waals surface area contributed by atoms with Crippen molar-refractivity contribution in [2.24, 2.45) is 0 Å². The van der Waals surface area contributed by atoms with E-state index in [0.717, 1.165) is 11.1 Å². The van der Waals surface area contributed by atoms with E-state index in [1.807, 2.05) is 19.9 Å². The maximum atomic E-state index is 12.2. The van der Waals surface area contributed by atoms with Crippen LogP contribution in [0.4, 0.5) is 5.69 Å². The molecule has 0 aliphatic rings. The third-order valence-electron chi connectivity index (χ3n) is 3.27. The fourth-order valence-electron chi connectivity index (χ4n) is 1.87. The predicted octanol–water partition coefficient (Wildman–Crippen LogP) is 4.44. The van der Waals surface area contributed by atoms with Gasteiger partial charge in [-0.3, -0.25) is 10.1 Å². The number of halogens is 2. The minimum atomic E-state index is -0.349. The van der Waals surface area contributed by atoms with Gasteiger partial charge in [0.25, 0.3) is 5.91 Å². The van der Waals surface area contributed by atoms with E-state index in [1.54, 1.807) is 12.1 Å². The van der Waals surface area contributed by atoms with E-state index in [-0.39, 0.29) is 27.5 Å². The van der Waals surface area contributed by atoms with Gasteiger partial charge in [0.1, 0.15) is 0 Å². The Kier molecular flexibility index (Phi) is 5.46. The SMILES string of the molecule is Cc1ccc(C(=O)NC(=S)Nc2cc(Cl)cc(Cl)c2O)cc1C. The van der Waals surface area contributed by atoms with E-state index >= 15 is 0 Å². The molecule has 0 aliphatic carbocycles. The largest absolute Gasteiger partial charge is 0.504 e. The van der Waals surface area contributed by atoms with Gasteiger partial charge in [0.05, 0.1) is 10.7 Å². The molecule has 0 atom stereocenters. The molecule has 7 heteroatoms. The molecular weight excluding hydrogens is 355 g/mol. The highest BCUT2D eigenvalue weighted by Crippen LogP contribution is 2.34. The molecule has 2 aromatic carbocycles. The first kappa shape index (κ1) is 17.5. The summed E-state index contributed by atoms with van der Waals surface area (Å²) in [6.45, 7) is 3.89. The molecule has 23 heavy (non-hydrogen) atoms. The molecule has 0 heterocycles. The van der Waals surface area contributed by atoms with Crippen LogP contribution in [0, 0.1) is 13.8 Å². The van der Waals surface area contributed by atoms with Crippen molar-refractivity contribution in [2.45, 2.75) is 13.8 Å². The van der Waals surface area contributed by atoms with E-state index in [2.05, 4.69) is 10.6 Å². The Bertz CT molecular complexity index is 794. The molecule has 0 aromatic heterocycles. The van der Waals surface area contributed by atoms with Crippen molar-refractivity contribution in [3.63, 3.8) is 0 Å². The van der Waals surface area contributed by atoms with Crippen LogP contribution in [0.25, 0.3) is 0 Å². The summed E-state index contributed by atoms with van der Waals surface area (Å²) in [6, 6.07) is 8.22. The van der Waals surface area contributed by atoms with Gasteiger partial charge in [-0.05, 0) is 61.5 Å². The smallest absolute Gasteiger partial charge is 0.257 e. The molecule has 2 aromatic rings. The van der Waals surface area contributed by atoms with Crippen LogP contribution in [0.2, 0.25) is 10.0 Å². The topological polar surface area (TPSA) is 61.4 Å². The summed E-state index contributed by atoms with van der Waals surface area (Å²) in [6.07, 6.45) is 0. The quantitative estimate of drug-likeness (QED) is 0.541. The van der Waals surface area contributed by atoms with Crippen molar-refractivity contribution in [2.75, 3.05) is 5.32 Å². The second-order valence-corrected chi connectivity index (χ2v) is 6.24. The van der Waals surface area contributed by atoms with Crippen LogP contribution in [0.15, 0.2) is 30.3 Å². The Hall–Kier alpha value is -1.82. The number of hydrogen-bond acceptors (Lipinski definition) is 3. The lowest BCUT2D eigenvalue weighted by atomic mass is 10.1. The molecule has 120 valence electrons. The minimum Gasteiger partial charge on any atom is -0.504 e. The third kappa shape index (κ3) is 4.34. The van der Waals surface area contributed by atoms with Crippen molar-refractivity contribution in [1.29, 1.82) is 0 Å². The normalized spacial score (nSPS) is 10.3. The van der Waals surface area contributed by atoms with E-state index in [9.17, 15) is 9.90 Å². The highest BCUT2D eigenvalue weighted by Gasteiger charge is 2.12. The zero-order valence-electron chi connectivity index (χ0n) is 12.4. The van der Waals surface area contributed by atoms with E-state index < -0.39 is 0 Å². The fourth-order valence-corrected chi connectivity index (χ4v) is 2.57. The summed E-state index contributed by atoms with van der Waals surface area (Å²) in [5.74, 6) is -0.544. The van der Waals surface area contributed by atoms with Crippen molar-refractivity contribution < 1.29 is 9.90 Å². The second kappa shape index (κ2) is 7.17. The lowest BCUT2D eigenvalue weighted by Gasteiger charge is -2.12. The maximum absolute atomic E-state index is 12.2. The molecule has 1 amide bonds. The molecule has 3 N–H and O–H groups in total. The van der Waals surface area contributed by atoms with E-state index in [0.29, 0.717) is 10.6 Å². The van der Waals surface area contributed by atoms with Crippen LogP contribution < -0.4 is 10.6 Å². The number of aromatic hydroxyl groups is 1. The number of aryl methyl sites for hydroxylation is 2. The van der Waals surface area contributed by atoms with Gasteiger partial charge in [0.2, 0.25) is 0 Å². The number of anilines is 1. The highest BCUT2D eigenvalue weighted by atomic mass is 35.5. The van der Waals surface area contributed by atoms with Crippen molar-refractivity contribution in [3.05, 3.63) is 57.1 Å². The summed E-state index contributed by atoms with van der Waals surface area (Å²) in [7, 11) is 0. The van der Waals surface area contributed by atoms with E-state index in [1.165, 1.54) is 12.1 Å². The summed E-state index contributed by atoms with van der Waals surface area (Å²) < 4.78 is 0. The Morgan fingerprint density at radius 3 is 2.48 bits per heavy atom. The number of carbonyl (C=O) groups excluding carboxylic acids is 1. The average Bonchev–Trinajstić information content (AvgIpc) is 2.46. The molecule has 0 aliphatic heterocycles. The van der Waals surface area contributed by atoms with Crippen LogP contribution in [-0.4, -0.2) is 16.1 Å². The molecule has 0 saturated carbocycles. The molecule has 2 rings (SSSR count). The first-order chi connectivity index (χ1) is 10.8. The van der Waals surface area contributed by atoms with E-state index in [4.69, 9.17) is 35.4 Å². The number of phenols is 1. The van der Waals surface area contributed by atoms with Crippen LogP contribution in [0.5, 0.6) is 5.75 Å². The molecule has 0 saturated heterocycles. The van der Waals surface area contributed by atoms with Gasteiger partial charge in [-0.2, -0.15) is 0 Å². The lowest BCUT2D eigenvalue weighted by molar-refractivity contribution is 0.0977. The molecular formula is C16H14Cl2N2O2S. The van der Waals surface area contributed by atoms with Crippen molar-refractivity contribution in [3.8, 4) is 5.75 Å². The predicted molar refractivity (Wildman–Crippen MR) is 97.7 cm³/mol. The van der Waals surface area contributed by atoms with Crippen LogP contribution >= 0.6 is 35.4 Å². The Morgan fingerprint density at radius 1 is 1.13 bits per heavy atom. The van der Waals surface area contributed by atoms with Crippen LogP contribution in [-0.2, 0) is 0 Å². The summed E-state index contributed by atoms with van der Waals surface area (Å²) in [5.41, 5.74) is 2.81. The molecule has 0 fully saturated rings. The molecule has 4 nitrogen and oxygen atoms in total. The molecule has 0 unspecified atom stereocenters. The third-order valence-corrected chi connectivity index (χ3v) is 3.98. The molecule has 0 spiro atoms. The number of hydrogen-bond donors (Lipinski definition) is 3. The molecule has 0 radical (unpaired) electrons. The maximum Gasteiger partial charge on any atom is 0.257 e. The Labute approximate surface area is 149 Å². The second-order valence-electron chi connectivity index (χ2n) is 4.99. The minimum absolute atomic E-state index is 0.0295. The monoisotopic (exact) mass is 368 g/mol. The van der Waals surface area contributed by atoms with Crippen molar-refractivity contribution in [1.82, 2.24) is 5.32 Å². The van der Waals surface area contributed by atoms with Gasteiger partial charge in [-0.15, -0.1) is 0 Å². The fraction of sp³-hybridized carbons (Fsp3) is 0.125. The van der Waals surface area contributed by atoms with Gasteiger partial charge >= 0.3 is 0 Å². The van der Waals surface area contributed by atoms with Gasteiger partial charge in [0.15, 0.2) is 10.9 Å². The number of nitrogens with one attached hydrogen (secondary N) is 2. The first-order valence-electron chi connectivity index (χ1n) is 6.65. The Balaban J connectivity index is 2.10. The lowest BCUT2D eigenvalue weighted by Crippen LogP contribution is -2.34. The number of amides is 1. The number of phenolic OH excluding ortho intramolecular Hbond substituents is 1. The standard InChI is InChI=1S/C16H14Cl2N2O2S/c1-8-3-4-10(5-9(8)2)15(22)20-16(23)19-13-7-11(17)6-12(18)14(13)21/h3-7,21H,1-2H3,(H2,19,20,22,23). The highest BCUT2D eigenvalue weighted by molar-refractivity contribution is 7.80. The number of carbonyl (C=O) groups is 1. The summed E-state index contributed by atoms with van der Waals surface area (Å²) in [5, 5.41) is 15.6.